The smallest absolute Gasteiger partial charge is 0.336 e. The van der Waals surface area contributed by atoms with Gasteiger partial charge in [0.05, 0.1) is 22.5 Å². The number of imide groups is 1. The topological polar surface area (TPSA) is 141 Å². The molecule has 1 aromatic carbocycles. The fourth-order valence-electron chi connectivity index (χ4n) is 4.19. The number of nitrogens with one attached hydrogen (secondary N) is 1. The molecule has 11 nitrogen and oxygen atoms in total. The number of aromatic amines is 1. The quantitative estimate of drug-likeness (QED) is 0.377. The number of carbonyl (C=O) groups excluding carboxylic acids is 3. The van der Waals surface area contributed by atoms with Gasteiger partial charge in [0.2, 0.25) is 11.8 Å². The molecule has 33 heavy (non-hydrogen) atoms. The molecule has 2 unspecified atom stereocenters. The number of hydrogen-bond donors (Lipinski definition) is 1. The van der Waals surface area contributed by atoms with Gasteiger partial charge < -0.3 is 4.74 Å². The summed E-state index contributed by atoms with van der Waals surface area (Å²) in [5.41, 5.74) is -3.53. The first-order valence-corrected chi connectivity index (χ1v) is 10.5. The zero-order valence-electron chi connectivity index (χ0n) is 17.3. The van der Waals surface area contributed by atoms with E-state index in [1.807, 2.05) is 4.98 Å². The van der Waals surface area contributed by atoms with Crippen LogP contribution < -0.4 is 26.7 Å². The van der Waals surface area contributed by atoms with Gasteiger partial charge in [0.25, 0.3) is 0 Å². The number of halogens is 2. The standard InChI is InChI=1S/C20H18ClFN4O7/c1-24-18(30)23-19(31)25(20(24)32)8-15(27)33-14-7-13(12(22)6-11(14)21)26-16(28)9-4-2-3-5-10(9)17(26)29/h6-7,9-10H,2-5,8H2,1H3,(H,23,30,31). The highest BCUT2D eigenvalue weighted by Gasteiger charge is 2.49. The molecule has 1 saturated heterocycles. The van der Waals surface area contributed by atoms with E-state index in [0.29, 0.717) is 22.0 Å². The Kier molecular flexibility index (Phi) is 5.78. The highest BCUT2D eigenvalue weighted by Crippen LogP contribution is 2.42. The number of amides is 2. The second kappa shape index (κ2) is 8.43. The van der Waals surface area contributed by atoms with Gasteiger partial charge in [-0.25, -0.2) is 37.6 Å². The van der Waals surface area contributed by atoms with E-state index < -0.39 is 64.7 Å². The summed E-state index contributed by atoms with van der Waals surface area (Å²) in [6, 6.07) is 1.75. The van der Waals surface area contributed by atoms with E-state index >= 15 is 0 Å². The molecule has 13 heteroatoms. The van der Waals surface area contributed by atoms with Crippen LogP contribution in [0.15, 0.2) is 26.5 Å². The van der Waals surface area contributed by atoms with Crippen molar-refractivity contribution < 1.29 is 23.5 Å². The Labute approximate surface area is 189 Å². The van der Waals surface area contributed by atoms with Crippen LogP contribution in [0.3, 0.4) is 0 Å². The van der Waals surface area contributed by atoms with Crippen LogP contribution in [0.4, 0.5) is 10.1 Å². The number of carbonyl (C=O) groups is 3. The van der Waals surface area contributed by atoms with Crippen LogP contribution in [0.1, 0.15) is 25.7 Å². The van der Waals surface area contributed by atoms with E-state index in [-0.39, 0.29) is 10.8 Å². The van der Waals surface area contributed by atoms with E-state index in [2.05, 4.69) is 0 Å². The van der Waals surface area contributed by atoms with E-state index in [0.717, 1.165) is 36.9 Å². The summed E-state index contributed by atoms with van der Waals surface area (Å²) >= 11 is 5.97. The lowest BCUT2D eigenvalue weighted by molar-refractivity contribution is -0.135. The summed E-state index contributed by atoms with van der Waals surface area (Å²) < 4.78 is 20.8. The summed E-state index contributed by atoms with van der Waals surface area (Å²) in [5, 5.41) is -0.331. The number of benzene rings is 1. The van der Waals surface area contributed by atoms with E-state index in [1.54, 1.807) is 0 Å². The van der Waals surface area contributed by atoms with E-state index in [1.165, 1.54) is 0 Å². The van der Waals surface area contributed by atoms with Gasteiger partial charge in [-0.15, -0.1) is 0 Å². The van der Waals surface area contributed by atoms with E-state index in [9.17, 15) is 33.2 Å². The van der Waals surface area contributed by atoms with Crippen molar-refractivity contribution >= 4 is 35.1 Å². The number of hydrogen-bond acceptors (Lipinski definition) is 7. The molecule has 2 heterocycles. The molecule has 0 radical (unpaired) electrons. The van der Waals surface area contributed by atoms with Gasteiger partial charge in [0.15, 0.2) is 5.75 Å². The molecule has 1 saturated carbocycles. The van der Waals surface area contributed by atoms with Crippen LogP contribution in [0.2, 0.25) is 5.02 Å². The first-order chi connectivity index (χ1) is 15.6. The molecule has 2 aliphatic rings. The summed E-state index contributed by atoms with van der Waals surface area (Å²) in [7, 11) is 1.10. The minimum Gasteiger partial charge on any atom is -0.424 e. The van der Waals surface area contributed by atoms with Gasteiger partial charge in [0, 0.05) is 13.1 Å². The van der Waals surface area contributed by atoms with Crippen molar-refractivity contribution in [2.45, 2.75) is 32.2 Å². The predicted octanol–water partition coefficient (Wildman–Crippen LogP) is 0.313. The molecule has 1 N–H and O–H groups in total. The molecule has 174 valence electrons. The average molecular weight is 481 g/mol. The van der Waals surface area contributed by atoms with Crippen molar-refractivity contribution in [1.29, 1.82) is 0 Å². The maximum absolute atomic E-state index is 14.7. The number of ether oxygens (including phenoxy) is 1. The third-order valence-corrected chi connectivity index (χ3v) is 6.17. The van der Waals surface area contributed by atoms with E-state index in [4.69, 9.17) is 16.3 Å². The molecule has 2 amide bonds. The minimum atomic E-state index is -1.13. The summed E-state index contributed by atoms with van der Waals surface area (Å²) in [6.07, 6.45) is 2.66. The zero-order chi connectivity index (χ0) is 24.0. The Morgan fingerprint density at radius 2 is 1.70 bits per heavy atom. The Balaban J connectivity index is 1.63. The molecule has 0 spiro atoms. The lowest BCUT2D eigenvalue weighted by Crippen LogP contribution is -2.49. The lowest BCUT2D eigenvalue weighted by atomic mass is 9.81. The SMILES string of the molecule is Cn1c(=O)[nH]c(=O)n(CC(=O)Oc2cc(N3C(=O)C4CCCCC4C3=O)c(F)cc2Cl)c1=O. The second-order valence-corrected chi connectivity index (χ2v) is 8.29. The van der Waals surface area contributed by atoms with Gasteiger partial charge in [-0.05, 0) is 18.9 Å². The Morgan fingerprint density at radius 1 is 1.09 bits per heavy atom. The fourth-order valence-corrected chi connectivity index (χ4v) is 4.38. The monoisotopic (exact) mass is 480 g/mol. The molecule has 2 fully saturated rings. The number of aromatic nitrogens is 3. The van der Waals surface area contributed by atoms with Crippen LogP contribution in [0, 0.1) is 17.7 Å². The van der Waals surface area contributed by atoms with Gasteiger partial charge in [0.1, 0.15) is 12.4 Å². The highest BCUT2D eigenvalue weighted by atomic mass is 35.5. The number of esters is 1. The number of H-pyrrole nitrogens is 1. The summed E-state index contributed by atoms with van der Waals surface area (Å²) in [6.45, 7) is -0.878. The van der Waals surface area contributed by atoms with Crippen LogP contribution in [-0.2, 0) is 28.0 Å². The maximum Gasteiger partial charge on any atom is 0.336 e. The first kappa shape index (κ1) is 22.6. The Bertz CT molecular complexity index is 1340. The van der Waals surface area contributed by atoms with Gasteiger partial charge in [-0.2, -0.15) is 0 Å². The van der Waals surface area contributed by atoms with Crippen molar-refractivity contribution in [3.05, 3.63) is 54.4 Å². The average Bonchev–Trinajstić information content (AvgIpc) is 3.02. The number of fused-ring (bicyclic) bond motifs is 1. The highest BCUT2D eigenvalue weighted by molar-refractivity contribution is 6.32. The first-order valence-electron chi connectivity index (χ1n) is 10.1. The van der Waals surface area contributed by atoms with Crippen molar-refractivity contribution in [2.24, 2.45) is 18.9 Å². The van der Waals surface area contributed by atoms with Crippen LogP contribution in [0.5, 0.6) is 5.75 Å². The number of rotatable bonds is 4. The normalized spacial score (nSPS) is 20.2. The third kappa shape index (κ3) is 3.90. The lowest BCUT2D eigenvalue weighted by Gasteiger charge is -2.19. The minimum absolute atomic E-state index is 0.331. The number of anilines is 1. The molecule has 1 aliphatic carbocycles. The molecule has 0 bridgehead atoms. The molecule has 1 aliphatic heterocycles. The van der Waals surface area contributed by atoms with Crippen molar-refractivity contribution in [3.63, 3.8) is 0 Å². The molecule has 2 aromatic rings. The van der Waals surface area contributed by atoms with Crippen molar-refractivity contribution in [2.75, 3.05) is 4.90 Å². The van der Waals surface area contributed by atoms with Crippen molar-refractivity contribution in [1.82, 2.24) is 14.1 Å². The van der Waals surface area contributed by atoms with Crippen LogP contribution in [-0.4, -0.2) is 31.9 Å². The Hall–Kier alpha value is -3.54. The van der Waals surface area contributed by atoms with Crippen LogP contribution in [0.25, 0.3) is 0 Å². The molecule has 2 atom stereocenters. The van der Waals surface area contributed by atoms with Gasteiger partial charge in [-0.3, -0.25) is 14.6 Å². The molecular formula is C20H18ClFN4O7. The Morgan fingerprint density at radius 3 is 2.30 bits per heavy atom. The van der Waals surface area contributed by atoms with Crippen molar-refractivity contribution in [3.8, 4) is 5.75 Å². The summed E-state index contributed by atoms with van der Waals surface area (Å²) in [4.78, 5) is 75.9. The summed E-state index contributed by atoms with van der Waals surface area (Å²) in [5.74, 6) is -4.54. The predicted molar refractivity (Wildman–Crippen MR) is 112 cm³/mol. The number of nitrogens with zero attached hydrogens (tertiary/aromatic N) is 3. The fraction of sp³-hybridized carbons (Fsp3) is 0.400. The molecular weight excluding hydrogens is 463 g/mol. The second-order valence-electron chi connectivity index (χ2n) is 7.88. The third-order valence-electron chi connectivity index (χ3n) is 5.88. The largest absolute Gasteiger partial charge is 0.424 e. The van der Waals surface area contributed by atoms with Crippen LogP contribution >= 0.6 is 11.6 Å². The molecule has 1 aromatic heterocycles. The van der Waals surface area contributed by atoms with Gasteiger partial charge >= 0.3 is 23.0 Å². The van der Waals surface area contributed by atoms with Gasteiger partial charge in [-0.1, -0.05) is 24.4 Å². The zero-order valence-corrected chi connectivity index (χ0v) is 18.1. The maximum atomic E-state index is 14.7. The molecule has 4 rings (SSSR count).